The van der Waals surface area contributed by atoms with Gasteiger partial charge in [-0.2, -0.15) is 5.26 Å². The van der Waals surface area contributed by atoms with E-state index in [-0.39, 0.29) is 0 Å². The van der Waals surface area contributed by atoms with Gasteiger partial charge in [-0.15, -0.1) is 0 Å². The van der Waals surface area contributed by atoms with Crippen molar-refractivity contribution in [1.82, 2.24) is 4.98 Å². The van der Waals surface area contributed by atoms with E-state index in [2.05, 4.69) is 4.98 Å². The maximum Gasteiger partial charge on any atom is 0.144 e. The van der Waals surface area contributed by atoms with Crippen LogP contribution in [0, 0.1) is 11.3 Å². The summed E-state index contributed by atoms with van der Waals surface area (Å²) < 4.78 is 0. The summed E-state index contributed by atoms with van der Waals surface area (Å²) in [7, 11) is 0. The molecule has 1 unspecified atom stereocenters. The van der Waals surface area contributed by atoms with E-state index < -0.39 is 6.10 Å². The average molecular weight is 186 g/mol. The minimum atomic E-state index is -0.922. The maximum atomic E-state index is 9.21. The summed E-state index contributed by atoms with van der Waals surface area (Å²) in [5.74, 6) is 0. The summed E-state index contributed by atoms with van der Waals surface area (Å²) in [4.78, 5) is 3.10. The number of aromatic nitrogens is 1. The fraction of sp³-hybridized carbons (Fsp3) is 0.182. The van der Waals surface area contributed by atoms with Crippen LogP contribution in [0.2, 0.25) is 0 Å². The number of fused-ring (bicyclic) bond motifs is 1. The van der Waals surface area contributed by atoms with Gasteiger partial charge in [0.25, 0.3) is 0 Å². The van der Waals surface area contributed by atoms with Crippen LogP contribution in [0.4, 0.5) is 0 Å². The Kier molecular flexibility index (Phi) is 2.21. The smallest absolute Gasteiger partial charge is 0.144 e. The zero-order chi connectivity index (χ0) is 9.97. The average Bonchev–Trinajstić information content (AvgIpc) is 2.62. The monoisotopic (exact) mass is 186 g/mol. The Morgan fingerprint density at radius 3 is 3.00 bits per heavy atom. The molecule has 2 rings (SSSR count). The summed E-state index contributed by atoms with van der Waals surface area (Å²) >= 11 is 0. The van der Waals surface area contributed by atoms with Crippen LogP contribution in [0.1, 0.15) is 5.56 Å². The van der Waals surface area contributed by atoms with Crippen LogP contribution >= 0.6 is 0 Å². The minimum absolute atomic E-state index is 0.376. The van der Waals surface area contributed by atoms with E-state index in [0.29, 0.717) is 6.42 Å². The van der Waals surface area contributed by atoms with E-state index in [1.807, 2.05) is 36.5 Å². The highest BCUT2D eigenvalue weighted by molar-refractivity contribution is 5.83. The van der Waals surface area contributed by atoms with Gasteiger partial charge in [-0.05, 0) is 11.6 Å². The normalized spacial score (nSPS) is 12.6. The van der Waals surface area contributed by atoms with Crippen molar-refractivity contribution in [3.8, 4) is 6.07 Å². The Morgan fingerprint density at radius 2 is 2.21 bits per heavy atom. The number of H-pyrrole nitrogens is 1. The molecule has 3 nitrogen and oxygen atoms in total. The first-order valence-electron chi connectivity index (χ1n) is 4.44. The molecule has 1 aromatic heterocycles. The van der Waals surface area contributed by atoms with Crippen molar-refractivity contribution in [2.75, 3.05) is 0 Å². The Balaban J connectivity index is 2.39. The van der Waals surface area contributed by atoms with Crippen molar-refractivity contribution in [1.29, 1.82) is 5.26 Å². The SMILES string of the molecule is N#CC(O)Cc1c[nH]c2ccccc12. The van der Waals surface area contributed by atoms with Crippen LogP contribution in [-0.2, 0) is 6.42 Å². The van der Waals surface area contributed by atoms with E-state index in [4.69, 9.17) is 5.26 Å². The van der Waals surface area contributed by atoms with Crippen molar-refractivity contribution in [2.24, 2.45) is 0 Å². The molecule has 0 aliphatic heterocycles. The number of benzene rings is 1. The first-order chi connectivity index (χ1) is 6.81. The van der Waals surface area contributed by atoms with Crippen LogP contribution in [0.15, 0.2) is 30.5 Å². The molecular formula is C11H10N2O. The predicted octanol–water partition coefficient (Wildman–Crippen LogP) is 1.59. The molecule has 0 saturated carbocycles. The number of hydrogen-bond acceptors (Lipinski definition) is 2. The van der Waals surface area contributed by atoms with Gasteiger partial charge in [-0.1, -0.05) is 18.2 Å². The zero-order valence-corrected chi connectivity index (χ0v) is 7.57. The van der Waals surface area contributed by atoms with Gasteiger partial charge in [0.15, 0.2) is 0 Å². The third-order valence-electron chi connectivity index (χ3n) is 2.24. The minimum Gasteiger partial charge on any atom is -0.378 e. The van der Waals surface area contributed by atoms with E-state index in [1.165, 1.54) is 0 Å². The molecule has 0 amide bonds. The highest BCUT2D eigenvalue weighted by Gasteiger charge is 2.07. The lowest BCUT2D eigenvalue weighted by Gasteiger charge is -1.99. The number of aromatic amines is 1. The van der Waals surface area contributed by atoms with Crippen LogP contribution in [-0.4, -0.2) is 16.2 Å². The molecule has 0 aliphatic rings. The Bertz CT molecular complexity index is 481. The molecule has 70 valence electrons. The summed E-state index contributed by atoms with van der Waals surface area (Å²) in [6, 6.07) is 9.65. The molecule has 0 spiro atoms. The summed E-state index contributed by atoms with van der Waals surface area (Å²) in [5.41, 5.74) is 2.02. The molecular weight excluding hydrogens is 176 g/mol. The van der Waals surface area contributed by atoms with Gasteiger partial charge < -0.3 is 10.1 Å². The maximum absolute atomic E-state index is 9.21. The third-order valence-corrected chi connectivity index (χ3v) is 2.24. The molecule has 0 saturated heterocycles. The van der Waals surface area contributed by atoms with Gasteiger partial charge in [0.2, 0.25) is 0 Å². The molecule has 1 heterocycles. The Labute approximate surface area is 81.6 Å². The molecule has 2 aromatic rings. The largest absolute Gasteiger partial charge is 0.378 e. The number of para-hydroxylation sites is 1. The number of aliphatic hydroxyl groups excluding tert-OH is 1. The van der Waals surface area contributed by atoms with Crippen LogP contribution in [0.5, 0.6) is 0 Å². The van der Waals surface area contributed by atoms with Crippen LogP contribution in [0.3, 0.4) is 0 Å². The van der Waals surface area contributed by atoms with Gasteiger partial charge in [0.05, 0.1) is 6.07 Å². The third kappa shape index (κ3) is 1.48. The van der Waals surface area contributed by atoms with E-state index in [0.717, 1.165) is 16.5 Å². The van der Waals surface area contributed by atoms with Crippen molar-refractivity contribution in [3.05, 3.63) is 36.0 Å². The number of rotatable bonds is 2. The van der Waals surface area contributed by atoms with Crippen molar-refractivity contribution in [3.63, 3.8) is 0 Å². The topological polar surface area (TPSA) is 59.8 Å². The first-order valence-corrected chi connectivity index (χ1v) is 4.44. The van der Waals surface area contributed by atoms with E-state index in [9.17, 15) is 5.11 Å². The Morgan fingerprint density at radius 1 is 1.43 bits per heavy atom. The highest BCUT2D eigenvalue weighted by Crippen LogP contribution is 2.18. The molecule has 0 radical (unpaired) electrons. The number of nitrogens with zero attached hydrogens (tertiary/aromatic N) is 1. The fourth-order valence-electron chi connectivity index (χ4n) is 1.55. The van der Waals surface area contributed by atoms with Crippen molar-refractivity contribution < 1.29 is 5.11 Å². The summed E-state index contributed by atoms with van der Waals surface area (Å²) in [6.07, 6.45) is 1.29. The van der Waals surface area contributed by atoms with Gasteiger partial charge in [0.1, 0.15) is 6.10 Å². The molecule has 0 aliphatic carbocycles. The lowest BCUT2D eigenvalue weighted by atomic mass is 10.1. The van der Waals surface area contributed by atoms with Crippen LogP contribution < -0.4 is 0 Å². The number of nitriles is 1. The van der Waals surface area contributed by atoms with E-state index in [1.54, 1.807) is 0 Å². The predicted molar refractivity (Wildman–Crippen MR) is 53.6 cm³/mol. The van der Waals surface area contributed by atoms with Crippen molar-refractivity contribution >= 4 is 10.9 Å². The second-order valence-electron chi connectivity index (χ2n) is 3.21. The van der Waals surface area contributed by atoms with Gasteiger partial charge in [-0.3, -0.25) is 0 Å². The number of aliphatic hydroxyl groups is 1. The zero-order valence-electron chi connectivity index (χ0n) is 7.57. The molecule has 3 heteroatoms. The first kappa shape index (κ1) is 8.79. The molecule has 1 aromatic carbocycles. The second-order valence-corrected chi connectivity index (χ2v) is 3.21. The summed E-state index contributed by atoms with van der Waals surface area (Å²) in [5, 5.41) is 18.8. The molecule has 0 bridgehead atoms. The van der Waals surface area contributed by atoms with Gasteiger partial charge in [-0.25, -0.2) is 0 Å². The lowest BCUT2D eigenvalue weighted by molar-refractivity contribution is 0.231. The van der Waals surface area contributed by atoms with E-state index >= 15 is 0 Å². The van der Waals surface area contributed by atoms with Crippen LogP contribution in [0.25, 0.3) is 10.9 Å². The lowest BCUT2D eigenvalue weighted by Crippen LogP contribution is -2.05. The number of nitrogens with one attached hydrogen (secondary N) is 1. The molecule has 2 N–H and O–H groups in total. The number of hydrogen-bond donors (Lipinski definition) is 2. The Hall–Kier alpha value is -1.79. The highest BCUT2D eigenvalue weighted by atomic mass is 16.3. The van der Waals surface area contributed by atoms with Crippen molar-refractivity contribution in [2.45, 2.75) is 12.5 Å². The molecule has 0 fully saturated rings. The second kappa shape index (κ2) is 3.52. The quantitative estimate of drug-likeness (QED) is 0.700. The molecule has 14 heavy (non-hydrogen) atoms. The van der Waals surface area contributed by atoms with Gasteiger partial charge >= 0.3 is 0 Å². The summed E-state index contributed by atoms with van der Waals surface area (Å²) in [6.45, 7) is 0. The molecule has 1 atom stereocenters. The van der Waals surface area contributed by atoms with Gasteiger partial charge in [0, 0.05) is 23.5 Å². The standard InChI is InChI=1S/C11H10N2O/c12-6-9(14)5-8-7-13-11-4-2-1-3-10(8)11/h1-4,7,9,13-14H,5H2. The fourth-order valence-corrected chi connectivity index (χ4v) is 1.55.